The molecular formula is C17H20O4. The molecule has 0 spiro atoms. The van der Waals surface area contributed by atoms with Crippen molar-refractivity contribution in [2.24, 2.45) is 16.7 Å². The maximum absolute atomic E-state index is 11.9. The first-order valence-corrected chi connectivity index (χ1v) is 7.02. The van der Waals surface area contributed by atoms with Gasteiger partial charge in [-0.3, -0.25) is 9.59 Å². The Morgan fingerprint density at radius 3 is 2.29 bits per heavy atom. The summed E-state index contributed by atoms with van der Waals surface area (Å²) < 4.78 is 0. The van der Waals surface area contributed by atoms with Crippen LogP contribution in [0.15, 0.2) is 36.4 Å². The molecule has 0 heterocycles. The molecule has 21 heavy (non-hydrogen) atoms. The van der Waals surface area contributed by atoms with Crippen molar-refractivity contribution < 1.29 is 19.8 Å². The summed E-state index contributed by atoms with van der Waals surface area (Å²) in [4.78, 5) is 23.3. The van der Waals surface area contributed by atoms with Crippen molar-refractivity contribution in [3.63, 3.8) is 0 Å². The number of carboxylic acids is 2. The van der Waals surface area contributed by atoms with E-state index in [2.05, 4.69) is 0 Å². The van der Waals surface area contributed by atoms with Crippen LogP contribution < -0.4 is 0 Å². The Bertz CT molecular complexity index is 574. The summed E-state index contributed by atoms with van der Waals surface area (Å²) in [5.74, 6) is -2.52. The maximum atomic E-state index is 11.9. The monoisotopic (exact) mass is 288 g/mol. The van der Waals surface area contributed by atoms with E-state index in [1.54, 1.807) is 26.0 Å². The second-order valence-corrected chi connectivity index (χ2v) is 6.17. The minimum atomic E-state index is -1.15. The lowest BCUT2D eigenvalue weighted by molar-refractivity contribution is -0.155. The van der Waals surface area contributed by atoms with E-state index in [-0.39, 0.29) is 0 Å². The molecule has 0 amide bonds. The average molecular weight is 288 g/mol. The molecule has 0 aromatic heterocycles. The first-order chi connectivity index (χ1) is 9.81. The van der Waals surface area contributed by atoms with E-state index in [0.717, 1.165) is 5.56 Å². The molecule has 1 fully saturated rings. The van der Waals surface area contributed by atoms with Gasteiger partial charge in [0.15, 0.2) is 0 Å². The van der Waals surface area contributed by atoms with Crippen molar-refractivity contribution >= 4 is 18.0 Å². The van der Waals surface area contributed by atoms with Gasteiger partial charge in [-0.2, -0.15) is 0 Å². The third kappa shape index (κ3) is 2.46. The van der Waals surface area contributed by atoms with Crippen LogP contribution in [0.1, 0.15) is 32.3 Å². The van der Waals surface area contributed by atoms with Gasteiger partial charge in [0.2, 0.25) is 0 Å². The second kappa shape index (κ2) is 5.35. The van der Waals surface area contributed by atoms with Gasteiger partial charge < -0.3 is 10.2 Å². The third-order valence-electron chi connectivity index (χ3n) is 4.89. The number of benzene rings is 1. The lowest BCUT2D eigenvalue weighted by Crippen LogP contribution is -2.43. The van der Waals surface area contributed by atoms with Crippen LogP contribution in [0.4, 0.5) is 0 Å². The summed E-state index contributed by atoms with van der Waals surface area (Å²) >= 11 is 0. The maximum Gasteiger partial charge on any atom is 0.314 e. The van der Waals surface area contributed by atoms with E-state index < -0.39 is 28.7 Å². The zero-order valence-corrected chi connectivity index (χ0v) is 12.2. The molecule has 2 unspecified atom stereocenters. The standard InChI is InChI=1S/C17H20O4/c1-16(2)13(14(18)19)9-11-17(16,15(20)21)10-8-12-6-4-3-5-7-12/h3-8,10,13H,9,11H2,1-2H3,(H,18,19)(H,20,21). The van der Waals surface area contributed by atoms with E-state index in [0.29, 0.717) is 12.8 Å². The number of rotatable bonds is 4. The van der Waals surface area contributed by atoms with E-state index in [1.807, 2.05) is 30.3 Å². The zero-order chi connectivity index (χ0) is 15.7. The van der Waals surface area contributed by atoms with Gasteiger partial charge in [0.05, 0.1) is 11.3 Å². The number of carboxylic acid groups (broad SMARTS) is 2. The summed E-state index contributed by atoms with van der Waals surface area (Å²) in [6.45, 7) is 3.48. The Morgan fingerprint density at radius 1 is 1.19 bits per heavy atom. The molecule has 1 saturated carbocycles. The molecule has 1 aliphatic rings. The Balaban J connectivity index is 2.41. The van der Waals surface area contributed by atoms with E-state index in [1.165, 1.54) is 0 Å². The molecule has 0 saturated heterocycles. The van der Waals surface area contributed by atoms with Crippen molar-refractivity contribution in [1.29, 1.82) is 0 Å². The number of hydrogen-bond acceptors (Lipinski definition) is 2. The highest BCUT2D eigenvalue weighted by molar-refractivity contribution is 5.83. The average Bonchev–Trinajstić information content (AvgIpc) is 2.69. The van der Waals surface area contributed by atoms with Crippen LogP contribution in [0.25, 0.3) is 6.08 Å². The molecule has 2 rings (SSSR count). The Kier molecular flexibility index (Phi) is 3.90. The SMILES string of the molecule is CC1(C)C(C(=O)O)CCC1(C=Cc1ccccc1)C(=O)O. The fraction of sp³-hybridized carbons (Fsp3) is 0.412. The molecule has 2 atom stereocenters. The number of hydrogen-bond donors (Lipinski definition) is 2. The largest absolute Gasteiger partial charge is 0.481 e. The van der Waals surface area contributed by atoms with Crippen molar-refractivity contribution in [2.75, 3.05) is 0 Å². The van der Waals surface area contributed by atoms with Crippen LogP contribution in [0.2, 0.25) is 0 Å². The van der Waals surface area contributed by atoms with Gasteiger partial charge in [0.1, 0.15) is 0 Å². The Labute approximate surface area is 124 Å². The van der Waals surface area contributed by atoms with Gasteiger partial charge >= 0.3 is 11.9 Å². The summed E-state index contributed by atoms with van der Waals surface area (Å²) in [5.41, 5.74) is -1.07. The summed E-state index contributed by atoms with van der Waals surface area (Å²) in [5, 5.41) is 19.1. The highest BCUT2D eigenvalue weighted by atomic mass is 16.4. The lowest BCUT2D eigenvalue weighted by atomic mass is 9.64. The van der Waals surface area contributed by atoms with Crippen LogP contribution >= 0.6 is 0 Å². The predicted molar refractivity (Wildman–Crippen MR) is 79.7 cm³/mol. The zero-order valence-electron chi connectivity index (χ0n) is 12.2. The summed E-state index contributed by atoms with van der Waals surface area (Å²) in [7, 11) is 0. The van der Waals surface area contributed by atoms with Crippen LogP contribution in [0.5, 0.6) is 0 Å². The van der Waals surface area contributed by atoms with Gasteiger partial charge in [-0.1, -0.05) is 56.3 Å². The van der Waals surface area contributed by atoms with E-state index in [9.17, 15) is 19.8 Å². The van der Waals surface area contributed by atoms with E-state index >= 15 is 0 Å². The molecule has 0 bridgehead atoms. The minimum absolute atomic E-state index is 0.343. The van der Waals surface area contributed by atoms with E-state index in [4.69, 9.17) is 0 Å². The predicted octanol–water partition coefficient (Wildman–Crippen LogP) is 3.29. The van der Waals surface area contributed by atoms with Gasteiger partial charge in [-0.15, -0.1) is 0 Å². The first kappa shape index (κ1) is 15.3. The van der Waals surface area contributed by atoms with Crippen LogP contribution in [0.3, 0.4) is 0 Å². The second-order valence-electron chi connectivity index (χ2n) is 6.17. The molecule has 4 nitrogen and oxygen atoms in total. The van der Waals surface area contributed by atoms with Gasteiger partial charge in [0, 0.05) is 0 Å². The van der Waals surface area contributed by atoms with Gasteiger partial charge in [0.25, 0.3) is 0 Å². The molecule has 112 valence electrons. The van der Waals surface area contributed by atoms with Crippen molar-refractivity contribution in [2.45, 2.75) is 26.7 Å². The van der Waals surface area contributed by atoms with Gasteiger partial charge in [-0.25, -0.2) is 0 Å². The minimum Gasteiger partial charge on any atom is -0.481 e. The molecule has 0 radical (unpaired) electrons. The molecule has 1 aromatic carbocycles. The quantitative estimate of drug-likeness (QED) is 0.891. The molecule has 2 N–H and O–H groups in total. The highest BCUT2D eigenvalue weighted by Crippen LogP contribution is 2.57. The molecule has 1 aromatic rings. The topological polar surface area (TPSA) is 74.6 Å². The van der Waals surface area contributed by atoms with Crippen LogP contribution in [-0.2, 0) is 9.59 Å². The molecule has 1 aliphatic carbocycles. The summed E-state index contributed by atoms with van der Waals surface area (Å²) in [6.07, 6.45) is 4.18. The van der Waals surface area contributed by atoms with Crippen LogP contribution in [0, 0.1) is 16.7 Å². The van der Waals surface area contributed by atoms with Crippen LogP contribution in [-0.4, -0.2) is 22.2 Å². The molecule has 0 aliphatic heterocycles. The summed E-state index contributed by atoms with van der Waals surface area (Å²) in [6, 6.07) is 9.44. The number of carbonyl (C=O) groups is 2. The number of aliphatic carboxylic acids is 2. The molecule has 4 heteroatoms. The van der Waals surface area contributed by atoms with Gasteiger partial charge in [-0.05, 0) is 23.8 Å². The van der Waals surface area contributed by atoms with Crippen molar-refractivity contribution in [3.8, 4) is 0 Å². The lowest BCUT2D eigenvalue weighted by Gasteiger charge is -2.37. The fourth-order valence-corrected chi connectivity index (χ4v) is 3.35. The normalized spacial score (nSPS) is 27.8. The van der Waals surface area contributed by atoms with Crippen molar-refractivity contribution in [3.05, 3.63) is 42.0 Å². The highest BCUT2D eigenvalue weighted by Gasteiger charge is 2.60. The smallest absolute Gasteiger partial charge is 0.314 e. The Hall–Kier alpha value is -2.10. The third-order valence-corrected chi connectivity index (χ3v) is 4.89. The molecular weight excluding hydrogens is 268 g/mol. The Morgan fingerprint density at radius 2 is 1.81 bits per heavy atom. The van der Waals surface area contributed by atoms with Crippen molar-refractivity contribution in [1.82, 2.24) is 0 Å². The fourth-order valence-electron chi connectivity index (χ4n) is 3.35. The first-order valence-electron chi connectivity index (χ1n) is 7.02.